The van der Waals surface area contributed by atoms with Gasteiger partial charge in [-0.3, -0.25) is 4.40 Å². The Balaban J connectivity index is 1.83. The summed E-state index contributed by atoms with van der Waals surface area (Å²) in [5.41, 5.74) is 2.36. The quantitative estimate of drug-likeness (QED) is 0.532. The van der Waals surface area contributed by atoms with Gasteiger partial charge in [0.25, 0.3) is 10.0 Å². The summed E-state index contributed by atoms with van der Waals surface area (Å²) in [7, 11) is -3.66. The van der Waals surface area contributed by atoms with Gasteiger partial charge in [-0.25, -0.2) is 19.0 Å². The number of anilines is 1. The van der Waals surface area contributed by atoms with Gasteiger partial charge in [-0.1, -0.05) is 0 Å². The van der Waals surface area contributed by atoms with E-state index in [4.69, 9.17) is 5.84 Å². The summed E-state index contributed by atoms with van der Waals surface area (Å²) in [6.45, 7) is 0.418. The molecule has 116 valence electrons. The lowest BCUT2D eigenvalue weighted by Gasteiger charge is -2.21. The van der Waals surface area contributed by atoms with E-state index in [9.17, 15) is 8.42 Å². The molecule has 0 amide bonds. The summed E-state index contributed by atoms with van der Waals surface area (Å²) in [4.78, 5) is 4.76. The van der Waals surface area contributed by atoms with Gasteiger partial charge < -0.3 is 5.43 Å². The Morgan fingerprint density at radius 2 is 2.33 bits per heavy atom. The normalized spacial score (nSPS) is 20.0. The number of hydrogen-bond donors (Lipinski definition) is 3. The zero-order valence-corrected chi connectivity index (χ0v) is 14.2. The summed E-state index contributed by atoms with van der Waals surface area (Å²) in [6, 6.07) is 0. The standard InChI is InChI=1S/C10H15N5O2S4/c11-14-8-9(15-1-2-20-10(15)13-8)21(16,17)12-5-7-6-18-3-4-19-7/h1-2,7,12,14H,3-6,11H2. The van der Waals surface area contributed by atoms with Crippen LogP contribution in [0.25, 0.3) is 4.96 Å². The van der Waals surface area contributed by atoms with Crippen LogP contribution >= 0.6 is 34.9 Å². The zero-order chi connectivity index (χ0) is 14.9. The Morgan fingerprint density at radius 3 is 3.05 bits per heavy atom. The number of hydrogen-bond acceptors (Lipinski definition) is 8. The predicted octanol–water partition coefficient (Wildman–Crippen LogP) is 0.808. The molecule has 2 aromatic rings. The fourth-order valence-corrected chi connectivity index (χ4v) is 6.85. The number of imidazole rings is 1. The fourth-order valence-electron chi connectivity index (χ4n) is 2.04. The van der Waals surface area contributed by atoms with E-state index in [0.29, 0.717) is 16.8 Å². The molecule has 11 heteroatoms. The number of thiazole rings is 1. The van der Waals surface area contributed by atoms with Crippen LogP contribution in [0, 0.1) is 0 Å². The number of nitrogen functional groups attached to an aromatic ring is 1. The second-order valence-corrected chi connectivity index (χ2v) is 9.50. The van der Waals surface area contributed by atoms with Crippen LogP contribution in [-0.4, -0.2) is 46.9 Å². The molecule has 0 saturated carbocycles. The van der Waals surface area contributed by atoms with Crippen LogP contribution in [0.3, 0.4) is 0 Å². The Bertz CT molecular complexity index is 719. The monoisotopic (exact) mass is 365 g/mol. The van der Waals surface area contributed by atoms with Crippen molar-refractivity contribution in [2.45, 2.75) is 10.3 Å². The van der Waals surface area contributed by atoms with Crippen molar-refractivity contribution in [3.63, 3.8) is 0 Å². The van der Waals surface area contributed by atoms with E-state index in [1.807, 2.05) is 23.5 Å². The third-order valence-corrected chi connectivity index (χ3v) is 8.04. The van der Waals surface area contributed by atoms with Gasteiger partial charge in [0.15, 0.2) is 10.8 Å². The predicted molar refractivity (Wildman–Crippen MR) is 89.6 cm³/mol. The lowest BCUT2D eigenvalue weighted by atomic mass is 10.5. The fraction of sp³-hybridized carbons (Fsp3) is 0.500. The van der Waals surface area contributed by atoms with E-state index >= 15 is 0 Å². The molecule has 1 aliphatic rings. The minimum atomic E-state index is -3.66. The molecule has 0 radical (unpaired) electrons. The molecular formula is C10H15N5O2S4. The highest BCUT2D eigenvalue weighted by atomic mass is 32.2. The number of hydrazine groups is 1. The summed E-state index contributed by atoms with van der Waals surface area (Å²) >= 11 is 5.02. The Kier molecular flexibility index (Phi) is 4.66. The minimum Gasteiger partial charge on any atom is -0.306 e. The summed E-state index contributed by atoms with van der Waals surface area (Å²) in [5.74, 6) is 8.72. The lowest BCUT2D eigenvalue weighted by Crippen LogP contribution is -2.34. The molecule has 21 heavy (non-hydrogen) atoms. The molecule has 0 aliphatic carbocycles. The third-order valence-electron chi connectivity index (χ3n) is 3.00. The van der Waals surface area contributed by atoms with Crippen molar-refractivity contribution in [1.82, 2.24) is 14.1 Å². The maximum Gasteiger partial charge on any atom is 0.260 e. The van der Waals surface area contributed by atoms with Crippen LogP contribution in [0.1, 0.15) is 0 Å². The average molecular weight is 366 g/mol. The minimum absolute atomic E-state index is 0.0645. The molecule has 1 fully saturated rings. The van der Waals surface area contributed by atoms with Crippen LogP contribution in [0.5, 0.6) is 0 Å². The van der Waals surface area contributed by atoms with Crippen LogP contribution in [0.15, 0.2) is 16.6 Å². The maximum atomic E-state index is 12.5. The number of sulfonamides is 1. The van der Waals surface area contributed by atoms with Crippen molar-refractivity contribution in [2.24, 2.45) is 5.84 Å². The topological polar surface area (TPSA) is 102 Å². The third kappa shape index (κ3) is 3.17. The molecule has 1 atom stereocenters. The van der Waals surface area contributed by atoms with Gasteiger partial charge in [0.2, 0.25) is 5.03 Å². The van der Waals surface area contributed by atoms with E-state index in [2.05, 4.69) is 15.1 Å². The van der Waals surface area contributed by atoms with Crippen LogP contribution in [0.4, 0.5) is 5.82 Å². The molecule has 0 spiro atoms. The molecule has 1 saturated heterocycles. The second-order valence-electron chi connectivity index (χ2n) is 4.39. The smallest absolute Gasteiger partial charge is 0.260 e. The van der Waals surface area contributed by atoms with E-state index in [-0.39, 0.29) is 10.8 Å². The summed E-state index contributed by atoms with van der Waals surface area (Å²) in [5, 5.41) is 2.16. The summed E-state index contributed by atoms with van der Waals surface area (Å²) in [6.07, 6.45) is 1.67. The molecule has 0 aromatic carbocycles. The van der Waals surface area contributed by atoms with Crippen molar-refractivity contribution in [3.8, 4) is 0 Å². The SMILES string of the molecule is NNc1nc2sccn2c1S(=O)(=O)NCC1CSCCS1. The first kappa shape index (κ1) is 15.4. The van der Waals surface area contributed by atoms with Crippen LogP contribution < -0.4 is 16.0 Å². The molecule has 7 nitrogen and oxygen atoms in total. The highest BCUT2D eigenvalue weighted by molar-refractivity contribution is 8.06. The molecule has 1 aliphatic heterocycles. The largest absolute Gasteiger partial charge is 0.306 e. The first-order valence-corrected chi connectivity index (χ1v) is 10.8. The van der Waals surface area contributed by atoms with E-state index in [1.54, 1.807) is 11.6 Å². The molecule has 1 unspecified atom stereocenters. The average Bonchev–Trinajstić information content (AvgIpc) is 3.06. The molecule has 2 aromatic heterocycles. The number of nitrogens with one attached hydrogen (secondary N) is 2. The number of nitrogens with two attached hydrogens (primary N) is 1. The van der Waals surface area contributed by atoms with Gasteiger partial charge in [0.1, 0.15) is 0 Å². The van der Waals surface area contributed by atoms with Gasteiger partial charge in [-0.2, -0.15) is 28.5 Å². The van der Waals surface area contributed by atoms with Gasteiger partial charge in [-0.05, 0) is 0 Å². The number of rotatable bonds is 5. The van der Waals surface area contributed by atoms with Crippen molar-refractivity contribution in [3.05, 3.63) is 11.6 Å². The molecule has 3 heterocycles. The molecule has 0 bridgehead atoms. The Hall–Kier alpha value is -0.460. The highest BCUT2D eigenvalue weighted by Gasteiger charge is 2.27. The van der Waals surface area contributed by atoms with Crippen molar-refractivity contribution >= 4 is 55.7 Å². The van der Waals surface area contributed by atoms with Crippen molar-refractivity contribution in [2.75, 3.05) is 29.2 Å². The molecule has 3 rings (SSSR count). The first-order chi connectivity index (χ1) is 10.1. The first-order valence-electron chi connectivity index (χ1n) is 6.23. The number of nitrogens with zero attached hydrogens (tertiary/aromatic N) is 2. The van der Waals surface area contributed by atoms with Gasteiger partial charge in [0.05, 0.1) is 0 Å². The number of fused-ring (bicyclic) bond motifs is 1. The molecule has 4 N–H and O–H groups in total. The lowest BCUT2D eigenvalue weighted by molar-refractivity contribution is 0.577. The molecular weight excluding hydrogens is 350 g/mol. The zero-order valence-electron chi connectivity index (χ0n) is 11.0. The van der Waals surface area contributed by atoms with Gasteiger partial charge >= 0.3 is 0 Å². The number of aromatic nitrogens is 2. The van der Waals surface area contributed by atoms with E-state index in [1.165, 1.54) is 15.7 Å². The van der Waals surface area contributed by atoms with Crippen LogP contribution in [-0.2, 0) is 10.0 Å². The Morgan fingerprint density at radius 1 is 1.48 bits per heavy atom. The van der Waals surface area contributed by atoms with Gasteiger partial charge in [0, 0.05) is 40.6 Å². The summed E-state index contributed by atoms with van der Waals surface area (Å²) < 4.78 is 29.3. The van der Waals surface area contributed by atoms with E-state index < -0.39 is 10.0 Å². The van der Waals surface area contributed by atoms with Crippen molar-refractivity contribution < 1.29 is 8.42 Å². The number of thioether (sulfide) groups is 2. The maximum absolute atomic E-state index is 12.5. The highest BCUT2D eigenvalue weighted by Crippen LogP contribution is 2.26. The van der Waals surface area contributed by atoms with E-state index in [0.717, 1.165) is 17.3 Å². The second kappa shape index (κ2) is 6.34. The Labute approximate surface area is 135 Å². The van der Waals surface area contributed by atoms with Crippen molar-refractivity contribution in [1.29, 1.82) is 0 Å². The van der Waals surface area contributed by atoms with Crippen LogP contribution in [0.2, 0.25) is 0 Å². The van der Waals surface area contributed by atoms with Gasteiger partial charge in [-0.15, -0.1) is 11.3 Å².